The molecule has 2 aliphatic heterocycles. The molecule has 0 spiro atoms. The molecule has 0 amide bonds. The first-order chi connectivity index (χ1) is 24.4. The van der Waals surface area contributed by atoms with Crippen molar-refractivity contribution in [2.75, 3.05) is 0 Å². The van der Waals surface area contributed by atoms with Crippen molar-refractivity contribution in [1.29, 1.82) is 10.5 Å². The number of alkyl halides is 6. The highest BCUT2D eigenvalue weighted by molar-refractivity contribution is 8.18. The standard InChI is InChI=1S/C32H16F6N4O6S4/c33-31(34,35)21-4-8-23(9-5-21)51(43,44)47-41-29-14-12-27(49-29)25(17-39)19-2-1-3-20(16-19)26(18-40)28-13-15-30(50-28)42-48-52(45,46)24-10-6-22(7-11-24)32(36,37)38/h1-16H/b27-25+,28-26+,41-29-,42-30-. The van der Waals surface area contributed by atoms with Crippen molar-refractivity contribution in [2.45, 2.75) is 22.1 Å². The zero-order chi connectivity index (χ0) is 37.9. The number of benzene rings is 3. The van der Waals surface area contributed by atoms with Crippen LogP contribution >= 0.6 is 23.5 Å². The first-order valence-corrected chi connectivity index (χ1v) is 18.4. The predicted octanol–water partition coefficient (Wildman–Crippen LogP) is 8.24. The second-order valence-electron chi connectivity index (χ2n) is 10.1. The molecule has 0 aliphatic carbocycles. The topological polar surface area (TPSA) is 159 Å². The minimum Gasteiger partial charge on any atom is -0.264 e. The van der Waals surface area contributed by atoms with E-state index in [1.54, 1.807) is 18.2 Å². The van der Waals surface area contributed by atoms with E-state index in [1.807, 2.05) is 12.1 Å². The highest BCUT2D eigenvalue weighted by Crippen LogP contribution is 2.38. The van der Waals surface area contributed by atoms with Gasteiger partial charge in [-0.1, -0.05) is 52.0 Å². The van der Waals surface area contributed by atoms with Crippen LogP contribution in [0.3, 0.4) is 0 Å². The Hall–Kier alpha value is -5.28. The Kier molecular flexibility index (Phi) is 10.8. The van der Waals surface area contributed by atoms with Crippen molar-refractivity contribution in [2.24, 2.45) is 10.3 Å². The molecule has 52 heavy (non-hydrogen) atoms. The van der Waals surface area contributed by atoms with Crippen LogP contribution in [-0.2, 0) is 41.2 Å². The van der Waals surface area contributed by atoms with Crippen molar-refractivity contribution in [3.63, 3.8) is 0 Å². The van der Waals surface area contributed by atoms with Gasteiger partial charge in [-0.3, -0.25) is 8.57 Å². The second-order valence-corrected chi connectivity index (χ2v) is 15.3. The van der Waals surface area contributed by atoms with Gasteiger partial charge in [-0.25, -0.2) is 0 Å². The number of nitrogens with zero attached hydrogens (tertiary/aromatic N) is 4. The summed E-state index contributed by atoms with van der Waals surface area (Å²) >= 11 is 1.74. The van der Waals surface area contributed by atoms with Crippen molar-refractivity contribution in [3.8, 4) is 12.1 Å². The molecule has 3 aromatic rings. The molecule has 10 nitrogen and oxygen atoms in total. The molecule has 2 aliphatic rings. The summed E-state index contributed by atoms with van der Waals surface area (Å²) < 4.78 is 136. The molecule has 0 unspecified atom stereocenters. The Morgan fingerprint density at radius 1 is 0.596 bits per heavy atom. The van der Waals surface area contributed by atoms with Gasteiger partial charge >= 0.3 is 32.6 Å². The molecule has 0 aromatic heterocycles. The van der Waals surface area contributed by atoms with Crippen LogP contribution < -0.4 is 0 Å². The summed E-state index contributed by atoms with van der Waals surface area (Å²) in [5, 5.41) is 27.1. The number of nitriles is 2. The third-order valence-corrected chi connectivity index (χ3v) is 10.9. The number of hydrogen-bond donors (Lipinski definition) is 0. The summed E-state index contributed by atoms with van der Waals surface area (Å²) in [7, 11) is -9.14. The highest BCUT2D eigenvalue weighted by atomic mass is 32.2. The largest absolute Gasteiger partial charge is 0.416 e. The van der Waals surface area contributed by atoms with Crippen molar-refractivity contribution in [3.05, 3.63) is 129 Å². The van der Waals surface area contributed by atoms with Crippen LogP contribution in [0.5, 0.6) is 0 Å². The molecule has 0 bridgehead atoms. The van der Waals surface area contributed by atoms with Crippen LogP contribution in [0.25, 0.3) is 11.1 Å². The lowest BCUT2D eigenvalue weighted by Gasteiger charge is -2.08. The van der Waals surface area contributed by atoms with E-state index in [0.29, 0.717) is 45.2 Å². The van der Waals surface area contributed by atoms with Crippen LogP contribution in [0.1, 0.15) is 22.3 Å². The fourth-order valence-corrected chi connectivity index (χ4v) is 7.49. The van der Waals surface area contributed by atoms with E-state index in [1.165, 1.54) is 30.4 Å². The van der Waals surface area contributed by atoms with E-state index < -0.39 is 53.5 Å². The molecule has 3 aromatic carbocycles. The molecule has 5 rings (SSSR count). The maximum absolute atomic E-state index is 12.8. The molecule has 2 heterocycles. The average molecular weight is 795 g/mol. The fourth-order valence-electron chi connectivity index (χ4n) is 4.26. The highest BCUT2D eigenvalue weighted by Gasteiger charge is 2.32. The van der Waals surface area contributed by atoms with E-state index in [-0.39, 0.29) is 21.2 Å². The fraction of sp³-hybridized carbons (Fsp3) is 0.0625. The summed E-state index contributed by atoms with van der Waals surface area (Å²) in [5.41, 5.74) is -1.17. The third-order valence-electron chi connectivity index (χ3n) is 6.73. The van der Waals surface area contributed by atoms with Gasteiger partial charge in [-0.05, 0) is 90.0 Å². The predicted molar refractivity (Wildman–Crippen MR) is 179 cm³/mol. The summed E-state index contributed by atoms with van der Waals surface area (Å²) in [4.78, 5) is -0.463. The number of thioether (sulfide) groups is 2. The molecule has 20 heteroatoms. The first kappa shape index (κ1) is 38.0. The third kappa shape index (κ3) is 8.77. The molecule has 0 fully saturated rings. The lowest BCUT2D eigenvalue weighted by atomic mass is 9.99. The van der Waals surface area contributed by atoms with Gasteiger partial charge in [0, 0.05) is 9.81 Å². The van der Waals surface area contributed by atoms with E-state index in [9.17, 15) is 53.7 Å². The van der Waals surface area contributed by atoms with Crippen LogP contribution in [-0.4, -0.2) is 26.9 Å². The van der Waals surface area contributed by atoms with Crippen LogP contribution in [0.4, 0.5) is 26.3 Å². The lowest BCUT2D eigenvalue weighted by molar-refractivity contribution is -0.138. The molecule has 0 radical (unpaired) electrons. The van der Waals surface area contributed by atoms with Gasteiger partial charge in [-0.15, -0.1) is 0 Å². The van der Waals surface area contributed by atoms with E-state index >= 15 is 0 Å². The molecule has 0 N–H and O–H groups in total. The quantitative estimate of drug-likeness (QED) is 0.124. The molecular formula is C32H16F6N4O6S4. The average Bonchev–Trinajstić information content (AvgIpc) is 3.77. The van der Waals surface area contributed by atoms with Gasteiger partial charge in [0.2, 0.25) is 0 Å². The van der Waals surface area contributed by atoms with E-state index in [4.69, 9.17) is 0 Å². The Labute approximate surface area is 300 Å². The van der Waals surface area contributed by atoms with Gasteiger partial charge in [0.25, 0.3) is 0 Å². The Balaban J connectivity index is 1.30. The molecule has 266 valence electrons. The minimum absolute atomic E-state index is 0.0103. The SMILES string of the molecule is N#C/C(=C1C=C/C(=N/OS(=O)(=O)c2ccc(C(F)(F)F)cc2)S/1)c1cccc(/C(C#N)=C2C=C/C(=N/OS(=O)(=O)c3ccc(C(F)(F)F)cc3)S\2)c1. The second kappa shape index (κ2) is 14.8. The smallest absolute Gasteiger partial charge is 0.264 e. The normalized spacial score (nSPS) is 18.3. The van der Waals surface area contributed by atoms with E-state index in [0.717, 1.165) is 47.8 Å². The number of halogens is 6. The molecule has 0 saturated carbocycles. The summed E-state index contributed by atoms with van der Waals surface area (Å²) in [6, 6.07) is 15.6. The Morgan fingerprint density at radius 2 is 0.962 bits per heavy atom. The van der Waals surface area contributed by atoms with Crippen LogP contribution in [0.2, 0.25) is 0 Å². The maximum Gasteiger partial charge on any atom is 0.416 e. The monoisotopic (exact) mass is 794 g/mol. The van der Waals surface area contributed by atoms with Crippen molar-refractivity contribution < 1.29 is 51.7 Å². The minimum atomic E-state index is -4.67. The van der Waals surface area contributed by atoms with Gasteiger partial charge in [0.05, 0.1) is 22.3 Å². The van der Waals surface area contributed by atoms with Crippen molar-refractivity contribution >= 4 is 65.0 Å². The van der Waals surface area contributed by atoms with Crippen LogP contribution in [0, 0.1) is 22.7 Å². The van der Waals surface area contributed by atoms with Crippen LogP contribution in [0.15, 0.2) is 127 Å². The van der Waals surface area contributed by atoms with Crippen molar-refractivity contribution in [1.82, 2.24) is 0 Å². The zero-order valence-electron chi connectivity index (χ0n) is 25.4. The maximum atomic E-state index is 12.8. The van der Waals surface area contributed by atoms with E-state index in [2.05, 4.69) is 18.9 Å². The van der Waals surface area contributed by atoms with Gasteiger partial charge in [0.1, 0.15) is 32.0 Å². The Morgan fingerprint density at radius 3 is 1.29 bits per heavy atom. The van der Waals surface area contributed by atoms with Gasteiger partial charge in [-0.2, -0.15) is 53.7 Å². The summed E-state index contributed by atoms with van der Waals surface area (Å²) in [6.07, 6.45) is -3.70. The zero-order valence-corrected chi connectivity index (χ0v) is 28.6. The summed E-state index contributed by atoms with van der Waals surface area (Å²) in [5.74, 6) is 0. The molecule has 0 atom stereocenters. The first-order valence-electron chi connectivity index (χ1n) is 13.9. The number of oxime groups is 2. The molecular weight excluding hydrogens is 779 g/mol. The van der Waals surface area contributed by atoms with Gasteiger partial charge in [0.15, 0.2) is 0 Å². The Bertz CT molecular complexity index is 2260. The number of allylic oxidation sites excluding steroid dienone is 4. The lowest BCUT2D eigenvalue weighted by Crippen LogP contribution is -2.07. The van der Waals surface area contributed by atoms with Gasteiger partial charge < -0.3 is 0 Å². The summed E-state index contributed by atoms with van der Waals surface area (Å²) in [6.45, 7) is 0. The number of hydrogen-bond acceptors (Lipinski definition) is 12. The molecule has 0 saturated heterocycles. The number of rotatable bonds is 8.